The maximum Gasteiger partial charge on any atom is 0.257 e. The predicted octanol–water partition coefficient (Wildman–Crippen LogP) is 0.849. The number of amides is 1. The van der Waals surface area contributed by atoms with Crippen LogP contribution in [0.5, 0.6) is 11.5 Å². The van der Waals surface area contributed by atoms with Crippen molar-refractivity contribution in [2.45, 2.75) is 18.9 Å². The summed E-state index contributed by atoms with van der Waals surface area (Å²) in [6, 6.07) is 4.06. The quantitative estimate of drug-likeness (QED) is 0.801. The molecule has 1 aromatic carbocycles. The van der Waals surface area contributed by atoms with Gasteiger partial charge in [-0.15, -0.1) is 0 Å². The molecule has 0 unspecified atom stereocenters. The molecule has 25 heavy (non-hydrogen) atoms. The SMILES string of the molecule is CN1CCN(C2CCN(C(=O)c3ccc(N)c4c3OCO4)CC2)CC1. The van der Waals surface area contributed by atoms with Gasteiger partial charge >= 0.3 is 0 Å². The Morgan fingerprint density at radius 2 is 1.72 bits per heavy atom. The number of hydrogen-bond acceptors (Lipinski definition) is 6. The van der Waals surface area contributed by atoms with Crippen molar-refractivity contribution in [3.63, 3.8) is 0 Å². The number of nitrogens with two attached hydrogens (primary N) is 1. The molecule has 1 amide bonds. The van der Waals surface area contributed by atoms with Crippen LogP contribution >= 0.6 is 0 Å². The molecule has 0 spiro atoms. The van der Waals surface area contributed by atoms with Crippen LogP contribution in [0, 0.1) is 0 Å². The van der Waals surface area contributed by atoms with Gasteiger partial charge in [0, 0.05) is 45.3 Å². The highest BCUT2D eigenvalue weighted by Crippen LogP contribution is 2.41. The Hall–Kier alpha value is -1.99. The van der Waals surface area contributed by atoms with E-state index < -0.39 is 0 Å². The average molecular weight is 346 g/mol. The van der Waals surface area contributed by atoms with E-state index in [1.807, 2.05) is 4.90 Å². The molecule has 0 aliphatic carbocycles. The summed E-state index contributed by atoms with van der Waals surface area (Å²) < 4.78 is 10.9. The first-order valence-corrected chi connectivity index (χ1v) is 9.03. The molecular weight excluding hydrogens is 320 g/mol. The summed E-state index contributed by atoms with van der Waals surface area (Å²) in [6.45, 7) is 6.22. The normalized spacial score (nSPS) is 22.4. The van der Waals surface area contributed by atoms with Gasteiger partial charge in [-0.2, -0.15) is 0 Å². The summed E-state index contributed by atoms with van der Waals surface area (Å²) in [5.41, 5.74) is 6.96. The first kappa shape index (κ1) is 16.5. The van der Waals surface area contributed by atoms with Crippen LogP contribution in [0.25, 0.3) is 0 Å². The number of anilines is 1. The lowest BCUT2D eigenvalue weighted by atomic mass is 10.0. The van der Waals surface area contributed by atoms with Crippen LogP contribution in [-0.2, 0) is 0 Å². The Morgan fingerprint density at radius 1 is 1.04 bits per heavy atom. The van der Waals surface area contributed by atoms with E-state index in [0.29, 0.717) is 28.8 Å². The zero-order chi connectivity index (χ0) is 17.4. The standard InChI is InChI=1S/C18H26N4O3/c1-20-8-10-21(11-9-20)13-4-6-22(7-5-13)18(23)14-2-3-15(19)17-16(14)24-12-25-17/h2-3,13H,4-12,19H2,1H3. The Labute approximate surface area is 148 Å². The van der Waals surface area contributed by atoms with Gasteiger partial charge in [-0.05, 0) is 32.0 Å². The van der Waals surface area contributed by atoms with E-state index in [-0.39, 0.29) is 12.7 Å². The van der Waals surface area contributed by atoms with E-state index in [9.17, 15) is 4.79 Å². The van der Waals surface area contributed by atoms with Gasteiger partial charge < -0.3 is 25.0 Å². The highest BCUT2D eigenvalue weighted by Gasteiger charge is 2.31. The second kappa shape index (κ2) is 6.72. The molecule has 0 atom stereocenters. The molecule has 2 N–H and O–H groups in total. The number of piperazine rings is 1. The highest BCUT2D eigenvalue weighted by atomic mass is 16.7. The largest absolute Gasteiger partial charge is 0.453 e. The minimum absolute atomic E-state index is 0.0126. The van der Waals surface area contributed by atoms with Crippen molar-refractivity contribution in [3.05, 3.63) is 17.7 Å². The Kier molecular flexibility index (Phi) is 4.43. The maximum absolute atomic E-state index is 12.9. The van der Waals surface area contributed by atoms with Crippen molar-refractivity contribution in [2.24, 2.45) is 0 Å². The maximum atomic E-state index is 12.9. The molecule has 4 rings (SSSR count). The summed E-state index contributed by atoms with van der Waals surface area (Å²) in [7, 11) is 2.18. The summed E-state index contributed by atoms with van der Waals surface area (Å²) in [4.78, 5) is 19.8. The number of likely N-dealkylation sites (tertiary alicyclic amines) is 1. The molecule has 3 aliphatic heterocycles. The highest BCUT2D eigenvalue weighted by molar-refractivity contribution is 5.99. The number of piperidine rings is 1. The van der Waals surface area contributed by atoms with E-state index in [2.05, 4.69) is 16.8 Å². The monoisotopic (exact) mass is 346 g/mol. The number of rotatable bonds is 2. The van der Waals surface area contributed by atoms with Crippen LogP contribution in [0.3, 0.4) is 0 Å². The molecular formula is C18H26N4O3. The number of ether oxygens (including phenoxy) is 2. The lowest BCUT2D eigenvalue weighted by Crippen LogP contribution is -2.53. The molecule has 0 saturated carbocycles. The smallest absolute Gasteiger partial charge is 0.257 e. The van der Waals surface area contributed by atoms with Gasteiger partial charge in [0.25, 0.3) is 5.91 Å². The number of likely N-dealkylation sites (N-methyl/N-ethyl adjacent to an activating group) is 1. The molecule has 0 bridgehead atoms. The van der Waals surface area contributed by atoms with Gasteiger partial charge in [-0.1, -0.05) is 0 Å². The third-order valence-corrected chi connectivity index (χ3v) is 5.59. The third kappa shape index (κ3) is 3.14. The fourth-order valence-electron chi connectivity index (χ4n) is 3.98. The fraction of sp³-hybridized carbons (Fsp3) is 0.611. The van der Waals surface area contributed by atoms with Crippen LogP contribution in [0.15, 0.2) is 12.1 Å². The molecule has 0 radical (unpaired) electrons. The van der Waals surface area contributed by atoms with E-state index in [4.69, 9.17) is 15.2 Å². The molecule has 0 aromatic heterocycles. The van der Waals surface area contributed by atoms with Crippen molar-refractivity contribution in [3.8, 4) is 11.5 Å². The van der Waals surface area contributed by atoms with Crippen molar-refractivity contribution in [1.82, 2.24) is 14.7 Å². The van der Waals surface area contributed by atoms with Gasteiger partial charge in [-0.25, -0.2) is 0 Å². The Morgan fingerprint density at radius 3 is 2.44 bits per heavy atom. The number of carbonyl (C=O) groups excluding carboxylic acids is 1. The first-order valence-electron chi connectivity index (χ1n) is 9.03. The molecule has 1 aromatic rings. The number of fused-ring (bicyclic) bond motifs is 1. The number of nitrogens with zero attached hydrogens (tertiary/aromatic N) is 3. The number of nitrogen functional groups attached to an aromatic ring is 1. The van der Waals surface area contributed by atoms with E-state index in [1.54, 1.807) is 12.1 Å². The molecule has 7 heteroatoms. The molecule has 3 aliphatic rings. The molecule has 136 valence electrons. The number of hydrogen-bond donors (Lipinski definition) is 1. The second-order valence-corrected chi connectivity index (χ2v) is 7.13. The zero-order valence-electron chi connectivity index (χ0n) is 14.7. The molecule has 2 saturated heterocycles. The predicted molar refractivity (Wildman–Crippen MR) is 95.0 cm³/mol. The summed E-state index contributed by atoms with van der Waals surface area (Å²) in [5.74, 6) is 1.00. The van der Waals surface area contributed by atoms with Crippen molar-refractivity contribution in [2.75, 3.05) is 58.8 Å². The zero-order valence-corrected chi connectivity index (χ0v) is 14.7. The van der Waals surface area contributed by atoms with E-state index in [1.165, 1.54) is 0 Å². The Bertz CT molecular complexity index is 650. The van der Waals surface area contributed by atoms with Crippen LogP contribution < -0.4 is 15.2 Å². The van der Waals surface area contributed by atoms with Gasteiger partial charge in [0.15, 0.2) is 11.5 Å². The molecule has 3 heterocycles. The van der Waals surface area contributed by atoms with Crippen LogP contribution in [0.2, 0.25) is 0 Å². The van der Waals surface area contributed by atoms with Crippen LogP contribution in [0.4, 0.5) is 5.69 Å². The number of carbonyl (C=O) groups is 1. The molecule has 2 fully saturated rings. The van der Waals surface area contributed by atoms with Crippen molar-refractivity contribution < 1.29 is 14.3 Å². The summed E-state index contributed by atoms with van der Waals surface area (Å²) in [6.07, 6.45) is 2.06. The molecule has 7 nitrogen and oxygen atoms in total. The van der Waals surface area contributed by atoms with Crippen molar-refractivity contribution >= 4 is 11.6 Å². The first-order chi connectivity index (χ1) is 12.1. The lowest BCUT2D eigenvalue weighted by Gasteiger charge is -2.42. The van der Waals surface area contributed by atoms with Crippen LogP contribution in [0.1, 0.15) is 23.2 Å². The Balaban J connectivity index is 1.40. The number of benzene rings is 1. The van der Waals surface area contributed by atoms with Gasteiger partial charge in [-0.3, -0.25) is 9.69 Å². The van der Waals surface area contributed by atoms with Gasteiger partial charge in [0.05, 0.1) is 11.3 Å². The summed E-state index contributed by atoms with van der Waals surface area (Å²) >= 11 is 0. The minimum Gasteiger partial charge on any atom is -0.453 e. The second-order valence-electron chi connectivity index (χ2n) is 7.13. The minimum atomic E-state index is 0.0126. The van der Waals surface area contributed by atoms with Crippen molar-refractivity contribution in [1.29, 1.82) is 0 Å². The van der Waals surface area contributed by atoms with Gasteiger partial charge in [0.2, 0.25) is 6.79 Å². The fourth-order valence-corrected chi connectivity index (χ4v) is 3.98. The summed E-state index contributed by atoms with van der Waals surface area (Å²) in [5, 5.41) is 0. The van der Waals surface area contributed by atoms with E-state index >= 15 is 0 Å². The third-order valence-electron chi connectivity index (χ3n) is 5.59. The van der Waals surface area contributed by atoms with Crippen LogP contribution in [-0.4, -0.2) is 79.8 Å². The van der Waals surface area contributed by atoms with Gasteiger partial charge in [0.1, 0.15) is 0 Å². The average Bonchev–Trinajstić information content (AvgIpc) is 3.13. The lowest BCUT2D eigenvalue weighted by molar-refractivity contribution is 0.0516. The van der Waals surface area contributed by atoms with E-state index in [0.717, 1.165) is 52.1 Å². The topological polar surface area (TPSA) is 71.3 Å².